The lowest BCUT2D eigenvalue weighted by Crippen LogP contribution is -2.60. The van der Waals surface area contributed by atoms with Gasteiger partial charge in [-0.1, -0.05) is 148 Å². The highest BCUT2D eigenvalue weighted by Crippen LogP contribution is 2.55. The molecule has 1 spiro atoms. The lowest BCUT2D eigenvalue weighted by atomic mass is 9.76. The normalized spacial score (nSPS) is 16.4. The molecule has 2 heterocycles. The zero-order valence-corrected chi connectivity index (χ0v) is 38.0. The van der Waals surface area contributed by atoms with Crippen LogP contribution in [0.3, 0.4) is 0 Å². The molecule has 0 bridgehead atoms. The minimum Gasteiger partial charge on any atom is -0.463 e. The lowest BCUT2D eigenvalue weighted by Gasteiger charge is -2.47. The van der Waals surface area contributed by atoms with E-state index in [-0.39, 0.29) is 49.2 Å². The number of nitro groups is 1. The summed E-state index contributed by atoms with van der Waals surface area (Å²) in [6, 6.07) is 11.8. The van der Waals surface area contributed by atoms with Gasteiger partial charge in [0.25, 0.3) is 5.69 Å². The standard InChI is InChI=1S/C50H77N5O6/c1-5-7-9-11-13-15-17-19-21-25-36-51-46(56)32-30-43(48(58)52-37-26-22-20-18-16-14-12-10-8-6-2)53-47(57)34-38-54-44-28-24-23-27-42(44)49(3,4)50(54)35-33-40-39-41(55(59)60)29-31-45(40)61-50/h23-24,27-29,31,33,35,39,43H,5-22,25-26,30,32,34,36-38H2,1-4H3,(H,51,56)(H,52,58)(H,53,57). The molecule has 2 unspecified atom stereocenters. The Bertz CT molecular complexity index is 1710. The molecule has 0 radical (unpaired) electrons. The molecule has 2 aliphatic heterocycles. The molecule has 2 atom stereocenters. The van der Waals surface area contributed by atoms with Crippen molar-refractivity contribution >= 4 is 35.2 Å². The quantitative estimate of drug-likeness (QED) is 0.0389. The SMILES string of the molecule is CCCCCCCCCCCCNC(=O)CCC(NC(=O)CCN1c2ccccc2C(C)(C)C12C=Cc1cc([N+](=O)[O-])ccc1O2)C(=O)NCCCCCCCCCCCC. The van der Waals surface area contributed by atoms with Crippen molar-refractivity contribution < 1.29 is 24.0 Å². The van der Waals surface area contributed by atoms with Gasteiger partial charge < -0.3 is 25.6 Å². The largest absolute Gasteiger partial charge is 0.463 e. The van der Waals surface area contributed by atoms with Crippen LogP contribution >= 0.6 is 0 Å². The van der Waals surface area contributed by atoms with Crippen molar-refractivity contribution in [3.8, 4) is 5.75 Å². The third-order valence-electron chi connectivity index (χ3n) is 12.7. The molecule has 3 N–H and O–H groups in total. The molecule has 0 aromatic heterocycles. The summed E-state index contributed by atoms with van der Waals surface area (Å²) < 4.78 is 6.80. The maximum Gasteiger partial charge on any atom is 0.270 e. The van der Waals surface area contributed by atoms with E-state index in [9.17, 15) is 24.5 Å². The number of hydrogen-bond donors (Lipinski definition) is 3. The van der Waals surface area contributed by atoms with Crippen molar-refractivity contribution in [2.45, 2.75) is 193 Å². The number of fused-ring (bicyclic) bond motifs is 2. The number of amides is 3. The van der Waals surface area contributed by atoms with Crippen LogP contribution in [0.4, 0.5) is 11.4 Å². The molecule has 2 aliphatic rings. The van der Waals surface area contributed by atoms with Gasteiger partial charge in [0.1, 0.15) is 11.8 Å². The van der Waals surface area contributed by atoms with Gasteiger partial charge in [0.05, 0.1) is 10.3 Å². The first-order valence-corrected chi connectivity index (χ1v) is 23.9. The van der Waals surface area contributed by atoms with Crippen LogP contribution in [0.2, 0.25) is 0 Å². The molecule has 11 nitrogen and oxygen atoms in total. The van der Waals surface area contributed by atoms with Gasteiger partial charge in [-0.15, -0.1) is 0 Å². The average Bonchev–Trinajstić information content (AvgIpc) is 3.43. The van der Waals surface area contributed by atoms with E-state index in [0.717, 1.165) is 43.4 Å². The van der Waals surface area contributed by atoms with Gasteiger partial charge in [-0.3, -0.25) is 24.5 Å². The maximum absolute atomic E-state index is 13.8. The van der Waals surface area contributed by atoms with Crippen LogP contribution in [0.5, 0.6) is 5.75 Å². The Balaban J connectivity index is 1.33. The van der Waals surface area contributed by atoms with E-state index in [1.54, 1.807) is 6.07 Å². The first-order chi connectivity index (χ1) is 29.5. The van der Waals surface area contributed by atoms with Gasteiger partial charge in [-0.05, 0) is 63.0 Å². The molecular weight excluding hydrogens is 767 g/mol. The Labute approximate surface area is 366 Å². The fourth-order valence-corrected chi connectivity index (χ4v) is 8.89. The zero-order chi connectivity index (χ0) is 43.9. The second-order valence-corrected chi connectivity index (χ2v) is 17.8. The molecule has 3 amide bonds. The molecule has 11 heteroatoms. The molecule has 2 aromatic rings. The maximum atomic E-state index is 13.8. The van der Waals surface area contributed by atoms with Crippen LogP contribution < -0.4 is 25.6 Å². The molecule has 0 saturated carbocycles. The summed E-state index contributed by atoms with van der Waals surface area (Å²) in [7, 11) is 0. The zero-order valence-electron chi connectivity index (χ0n) is 38.0. The Morgan fingerprint density at radius 1 is 0.721 bits per heavy atom. The minimum absolute atomic E-state index is 0.0147. The average molecular weight is 844 g/mol. The Morgan fingerprint density at radius 3 is 1.87 bits per heavy atom. The van der Waals surface area contributed by atoms with Crippen molar-refractivity contribution in [3.05, 3.63) is 69.8 Å². The molecule has 338 valence electrons. The van der Waals surface area contributed by atoms with Crippen LogP contribution in [0, 0.1) is 10.1 Å². The summed E-state index contributed by atoms with van der Waals surface area (Å²) >= 11 is 0. The molecular formula is C50H77N5O6. The highest BCUT2D eigenvalue weighted by atomic mass is 16.6. The number of hydrogen-bond acceptors (Lipinski definition) is 7. The molecule has 2 aromatic carbocycles. The van der Waals surface area contributed by atoms with E-state index in [1.807, 2.05) is 30.4 Å². The van der Waals surface area contributed by atoms with Crippen LogP contribution in [0.25, 0.3) is 6.08 Å². The van der Waals surface area contributed by atoms with Gasteiger partial charge in [0.2, 0.25) is 23.4 Å². The number of rotatable bonds is 31. The highest BCUT2D eigenvalue weighted by molar-refractivity contribution is 5.88. The smallest absolute Gasteiger partial charge is 0.270 e. The topological polar surface area (TPSA) is 143 Å². The third-order valence-corrected chi connectivity index (χ3v) is 12.7. The lowest BCUT2D eigenvalue weighted by molar-refractivity contribution is -0.384. The molecule has 0 fully saturated rings. The van der Waals surface area contributed by atoms with Crippen molar-refractivity contribution in [1.82, 2.24) is 16.0 Å². The van der Waals surface area contributed by atoms with Crippen molar-refractivity contribution in [1.29, 1.82) is 0 Å². The van der Waals surface area contributed by atoms with Crippen LogP contribution in [0.1, 0.15) is 187 Å². The number of nitrogens with one attached hydrogen (secondary N) is 3. The number of nitro benzene ring substituents is 1. The molecule has 4 rings (SSSR count). The highest BCUT2D eigenvalue weighted by Gasteiger charge is 2.58. The third kappa shape index (κ3) is 14.9. The van der Waals surface area contributed by atoms with E-state index in [1.165, 1.54) is 108 Å². The number of benzene rings is 2. The Kier molecular flexibility index (Phi) is 21.1. The summed E-state index contributed by atoms with van der Waals surface area (Å²) in [4.78, 5) is 53.5. The first-order valence-electron chi connectivity index (χ1n) is 23.9. The van der Waals surface area contributed by atoms with Gasteiger partial charge in [0, 0.05) is 55.9 Å². The van der Waals surface area contributed by atoms with Crippen LogP contribution in [-0.2, 0) is 19.8 Å². The number of para-hydroxylation sites is 1. The van der Waals surface area contributed by atoms with Gasteiger partial charge in [-0.2, -0.15) is 0 Å². The van der Waals surface area contributed by atoms with Crippen molar-refractivity contribution in [3.63, 3.8) is 0 Å². The van der Waals surface area contributed by atoms with Gasteiger partial charge in [0.15, 0.2) is 0 Å². The van der Waals surface area contributed by atoms with Crippen LogP contribution in [0.15, 0.2) is 48.5 Å². The number of anilines is 1. The first kappa shape index (κ1) is 49.2. The van der Waals surface area contributed by atoms with Gasteiger partial charge in [-0.25, -0.2) is 0 Å². The molecule has 61 heavy (non-hydrogen) atoms. The second kappa shape index (κ2) is 26.2. The van der Waals surface area contributed by atoms with Crippen molar-refractivity contribution in [2.75, 3.05) is 24.5 Å². The Hall–Kier alpha value is -4.41. The Morgan fingerprint density at radius 2 is 1.28 bits per heavy atom. The summed E-state index contributed by atoms with van der Waals surface area (Å²) in [5.41, 5.74) is 1.01. The number of carbonyl (C=O) groups excluding carboxylic acids is 3. The predicted octanol–water partition coefficient (Wildman–Crippen LogP) is 11.2. The number of ether oxygens (including phenoxy) is 1. The summed E-state index contributed by atoms with van der Waals surface area (Å²) in [5, 5.41) is 20.6. The monoisotopic (exact) mass is 844 g/mol. The van der Waals surface area contributed by atoms with E-state index in [2.05, 4.69) is 54.6 Å². The van der Waals surface area contributed by atoms with E-state index >= 15 is 0 Å². The van der Waals surface area contributed by atoms with Crippen LogP contribution in [-0.4, -0.2) is 54.0 Å². The molecule has 0 saturated heterocycles. The summed E-state index contributed by atoms with van der Waals surface area (Å²) in [6.07, 6.45) is 28.5. The predicted molar refractivity (Wildman–Crippen MR) is 248 cm³/mol. The van der Waals surface area contributed by atoms with E-state index in [0.29, 0.717) is 24.4 Å². The van der Waals surface area contributed by atoms with E-state index in [4.69, 9.17) is 4.74 Å². The van der Waals surface area contributed by atoms with Crippen molar-refractivity contribution in [2.24, 2.45) is 0 Å². The second-order valence-electron chi connectivity index (χ2n) is 17.8. The minimum atomic E-state index is -1.02. The number of unbranched alkanes of at least 4 members (excludes halogenated alkanes) is 18. The summed E-state index contributed by atoms with van der Waals surface area (Å²) in [5.74, 6) is -0.144. The fourth-order valence-electron chi connectivity index (χ4n) is 8.89. The number of non-ortho nitro benzene ring substituents is 1. The fraction of sp³-hybridized carbons (Fsp3) is 0.660. The summed E-state index contributed by atoms with van der Waals surface area (Å²) in [6.45, 7) is 10.1. The van der Waals surface area contributed by atoms with Gasteiger partial charge >= 0.3 is 0 Å². The van der Waals surface area contributed by atoms with E-state index < -0.39 is 22.1 Å². The number of carbonyl (C=O) groups is 3. The molecule has 0 aliphatic carbocycles. The number of nitrogens with zero attached hydrogens (tertiary/aromatic N) is 2.